The maximum Gasteiger partial charge on any atom is 0.223 e. The van der Waals surface area contributed by atoms with Gasteiger partial charge >= 0.3 is 0 Å². The van der Waals surface area contributed by atoms with Gasteiger partial charge in [-0.2, -0.15) is 4.98 Å². The summed E-state index contributed by atoms with van der Waals surface area (Å²) in [4.78, 5) is 3.94. The number of halogens is 2. The summed E-state index contributed by atoms with van der Waals surface area (Å²) in [6.07, 6.45) is 0. The van der Waals surface area contributed by atoms with Crippen LogP contribution in [0.1, 0.15) is 23.3 Å². The number of rotatable bonds is 2. The third-order valence-corrected chi connectivity index (χ3v) is 2.46. The van der Waals surface area contributed by atoms with Crippen LogP contribution >= 0.6 is 11.6 Å². The van der Waals surface area contributed by atoms with Crippen molar-refractivity contribution >= 4 is 11.6 Å². The molecule has 0 aliphatic heterocycles. The minimum Gasteiger partial charge on any atom is -0.340 e. The number of aryl methyl sites for hydroxylation is 1. The fourth-order valence-corrected chi connectivity index (χ4v) is 1.66. The molecule has 0 saturated heterocycles. The van der Waals surface area contributed by atoms with Crippen molar-refractivity contribution in [1.29, 1.82) is 0 Å². The highest BCUT2D eigenvalue weighted by Crippen LogP contribution is 2.27. The summed E-state index contributed by atoms with van der Waals surface area (Å²) in [6, 6.07) is 3.53. The minimum absolute atomic E-state index is 0.171. The Morgan fingerprint density at radius 2 is 2.25 bits per heavy atom. The molecule has 0 radical (unpaired) electrons. The van der Waals surface area contributed by atoms with Gasteiger partial charge in [0.25, 0.3) is 0 Å². The zero-order chi connectivity index (χ0) is 11.7. The number of hydrogen-bond donors (Lipinski definition) is 1. The molecule has 0 fully saturated rings. The van der Waals surface area contributed by atoms with Crippen LogP contribution in [-0.4, -0.2) is 10.1 Å². The molecule has 84 valence electrons. The molecule has 1 heterocycles. The van der Waals surface area contributed by atoms with Crippen LogP contribution in [0.15, 0.2) is 22.7 Å². The van der Waals surface area contributed by atoms with E-state index in [0.717, 1.165) is 0 Å². The van der Waals surface area contributed by atoms with Crippen molar-refractivity contribution in [3.63, 3.8) is 0 Å². The van der Waals surface area contributed by atoms with Crippen molar-refractivity contribution in [2.75, 3.05) is 0 Å². The molecule has 0 saturated carbocycles. The molecule has 0 aliphatic rings. The maximum atomic E-state index is 13.5. The molecule has 0 aliphatic carbocycles. The van der Waals surface area contributed by atoms with Crippen LogP contribution in [0.25, 0.3) is 0 Å². The Morgan fingerprint density at radius 1 is 1.50 bits per heavy atom. The number of aromatic nitrogens is 2. The topological polar surface area (TPSA) is 64.9 Å². The molecular weight excluding hydrogens is 233 g/mol. The summed E-state index contributed by atoms with van der Waals surface area (Å²) in [5.41, 5.74) is 5.99. The first-order chi connectivity index (χ1) is 7.59. The molecule has 0 bridgehead atoms. The van der Waals surface area contributed by atoms with E-state index in [9.17, 15) is 4.39 Å². The fraction of sp³-hybridized carbons (Fsp3) is 0.200. The molecule has 2 N–H and O–H groups in total. The van der Waals surface area contributed by atoms with Gasteiger partial charge in [0.05, 0.1) is 6.04 Å². The molecule has 1 atom stereocenters. The standard InChI is InChI=1S/C10H9ClFN3O/c1-5-14-10(15-16-5)9(13)8-6(11)3-2-4-7(8)12/h2-4,9H,13H2,1H3. The molecule has 1 aromatic carbocycles. The molecule has 1 aromatic heterocycles. The predicted octanol–water partition coefficient (Wildman–Crippen LogP) is 2.22. The van der Waals surface area contributed by atoms with Crippen molar-refractivity contribution in [3.05, 3.63) is 46.3 Å². The largest absolute Gasteiger partial charge is 0.340 e. The summed E-state index contributed by atoms with van der Waals surface area (Å²) < 4.78 is 18.3. The van der Waals surface area contributed by atoms with Gasteiger partial charge in [0.2, 0.25) is 5.89 Å². The lowest BCUT2D eigenvalue weighted by molar-refractivity contribution is 0.385. The quantitative estimate of drug-likeness (QED) is 0.876. The van der Waals surface area contributed by atoms with E-state index >= 15 is 0 Å². The molecule has 1 unspecified atom stereocenters. The van der Waals surface area contributed by atoms with E-state index in [1.165, 1.54) is 12.1 Å². The Balaban J connectivity index is 2.45. The average Bonchev–Trinajstić information content (AvgIpc) is 2.64. The highest BCUT2D eigenvalue weighted by Gasteiger charge is 2.21. The first-order valence-electron chi connectivity index (χ1n) is 4.59. The van der Waals surface area contributed by atoms with Crippen molar-refractivity contribution in [1.82, 2.24) is 10.1 Å². The summed E-state index contributed by atoms with van der Waals surface area (Å²) in [5, 5.41) is 3.88. The van der Waals surface area contributed by atoms with E-state index in [0.29, 0.717) is 5.89 Å². The second kappa shape index (κ2) is 4.19. The SMILES string of the molecule is Cc1nc(C(N)c2c(F)cccc2Cl)no1. The van der Waals surface area contributed by atoms with Crippen LogP contribution in [0.2, 0.25) is 5.02 Å². The summed E-state index contributed by atoms with van der Waals surface area (Å²) >= 11 is 5.87. The van der Waals surface area contributed by atoms with Crippen molar-refractivity contribution < 1.29 is 8.91 Å². The maximum absolute atomic E-state index is 13.5. The Morgan fingerprint density at radius 3 is 2.81 bits per heavy atom. The van der Waals surface area contributed by atoms with Gasteiger partial charge in [-0.05, 0) is 12.1 Å². The van der Waals surface area contributed by atoms with Crippen molar-refractivity contribution in [3.8, 4) is 0 Å². The van der Waals surface area contributed by atoms with Crippen LogP contribution in [0.3, 0.4) is 0 Å². The number of benzene rings is 1. The van der Waals surface area contributed by atoms with Gasteiger partial charge in [0.1, 0.15) is 5.82 Å². The van der Waals surface area contributed by atoms with E-state index in [4.69, 9.17) is 21.9 Å². The first-order valence-corrected chi connectivity index (χ1v) is 4.97. The lowest BCUT2D eigenvalue weighted by Crippen LogP contribution is -2.15. The molecule has 2 aromatic rings. The van der Waals surface area contributed by atoms with Crippen LogP contribution in [0.5, 0.6) is 0 Å². The van der Waals surface area contributed by atoms with Gasteiger partial charge in [-0.3, -0.25) is 0 Å². The average molecular weight is 242 g/mol. The highest BCUT2D eigenvalue weighted by molar-refractivity contribution is 6.31. The third-order valence-electron chi connectivity index (χ3n) is 2.13. The van der Waals surface area contributed by atoms with Crippen LogP contribution in [0.4, 0.5) is 4.39 Å². The van der Waals surface area contributed by atoms with E-state index in [2.05, 4.69) is 10.1 Å². The van der Waals surface area contributed by atoms with E-state index in [1.54, 1.807) is 13.0 Å². The number of nitrogens with two attached hydrogens (primary N) is 1. The Hall–Kier alpha value is -1.46. The van der Waals surface area contributed by atoms with E-state index in [1.807, 2.05) is 0 Å². The van der Waals surface area contributed by atoms with Crippen molar-refractivity contribution in [2.24, 2.45) is 5.73 Å². The summed E-state index contributed by atoms with van der Waals surface area (Å²) in [6.45, 7) is 1.63. The zero-order valence-corrected chi connectivity index (χ0v) is 9.20. The normalized spacial score (nSPS) is 12.8. The first kappa shape index (κ1) is 11.0. The molecule has 0 amide bonds. The van der Waals surface area contributed by atoms with E-state index in [-0.39, 0.29) is 16.4 Å². The van der Waals surface area contributed by atoms with Gasteiger partial charge in [0, 0.05) is 17.5 Å². The van der Waals surface area contributed by atoms with Gasteiger partial charge in [-0.25, -0.2) is 4.39 Å². The van der Waals surface area contributed by atoms with Gasteiger partial charge < -0.3 is 10.3 Å². The molecule has 16 heavy (non-hydrogen) atoms. The zero-order valence-electron chi connectivity index (χ0n) is 8.45. The molecule has 2 rings (SSSR count). The second-order valence-corrected chi connectivity index (χ2v) is 3.69. The van der Waals surface area contributed by atoms with Crippen LogP contribution in [-0.2, 0) is 0 Å². The Bertz CT molecular complexity index is 494. The van der Waals surface area contributed by atoms with Crippen molar-refractivity contribution in [2.45, 2.75) is 13.0 Å². The van der Waals surface area contributed by atoms with E-state index < -0.39 is 11.9 Å². The Kier molecular flexibility index (Phi) is 2.89. The summed E-state index contributed by atoms with van der Waals surface area (Å²) in [5.74, 6) is 0.102. The Labute approximate surface area is 96.2 Å². The highest BCUT2D eigenvalue weighted by atomic mass is 35.5. The number of hydrogen-bond acceptors (Lipinski definition) is 4. The second-order valence-electron chi connectivity index (χ2n) is 3.28. The molecule has 6 heteroatoms. The molecule has 4 nitrogen and oxygen atoms in total. The lowest BCUT2D eigenvalue weighted by Gasteiger charge is -2.10. The smallest absolute Gasteiger partial charge is 0.223 e. The lowest BCUT2D eigenvalue weighted by atomic mass is 10.1. The minimum atomic E-state index is -0.828. The van der Waals surface area contributed by atoms with Gasteiger partial charge in [0.15, 0.2) is 5.82 Å². The monoisotopic (exact) mass is 241 g/mol. The van der Waals surface area contributed by atoms with Gasteiger partial charge in [-0.15, -0.1) is 0 Å². The fourth-order valence-electron chi connectivity index (χ4n) is 1.38. The number of nitrogens with zero attached hydrogens (tertiary/aromatic N) is 2. The molecule has 0 spiro atoms. The predicted molar refractivity (Wildman–Crippen MR) is 56.5 cm³/mol. The third kappa shape index (κ3) is 1.91. The van der Waals surface area contributed by atoms with Gasteiger partial charge in [-0.1, -0.05) is 22.8 Å². The van der Waals surface area contributed by atoms with Crippen LogP contribution in [0, 0.1) is 12.7 Å². The summed E-state index contributed by atoms with van der Waals surface area (Å²) in [7, 11) is 0. The molecular formula is C10H9ClFN3O. The van der Waals surface area contributed by atoms with Crippen LogP contribution < -0.4 is 5.73 Å².